The predicted octanol–water partition coefficient (Wildman–Crippen LogP) is 4.77. The van der Waals surface area contributed by atoms with Crippen molar-refractivity contribution in [1.29, 1.82) is 0 Å². The first-order chi connectivity index (χ1) is 10.2. The number of hydrogen-bond donors (Lipinski definition) is 1. The highest BCUT2D eigenvalue weighted by Crippen LogP contribution is 2.30. The fourth-order valence-electron chi connectivity index (χ4n) is 2.16. The van der Waals surface area contributed by atoms with Crippen LogP contribution in [0.3, 0.4) is 0 Å². The molecule has 2 aromatic rings. The number of furan rings is 1. The molecule has 3 nitrogen and oxygen atoms in total. The highest BCUT2D eigenvalue weighted by atomic mass is 127. The molecule has 0 fully saturated rings. The third-order valence-corrected chi connectivity index (χ3v) is 4.34. The predicted molar refractivity (Wildman–Crippen MR) is 93.7 cm³/mol. The van der Waals surface area contributed by atoms with Crippen molar-refractivity contribution in [3.8, 4) is 0 Å². The Labute approximate surface area is 144 Å². The van der Waals surface area contributed by atoms with Crippen molar-refractivity contribution >= 4 is 34.2 Å². The Balaban J connectivity index is 2.34. The lowest BCUT2D eigenvalue weighted by molar-refractivity contribution is 0.162. The molecule has 0 aliphatic rings. The minimum absolute atomic E-state index is 0.00107. The molecule has 0 saturated carbocycles. The summed E-state index contributed by atoms with van der Waals surface area (Å²) in [6.07, 6.45) is 1.05. The van der Waals surface area contributed by atoms with Crippen molar-refractivity contribution < 1.29 is 9.15 Å². The van der Waals surface area contributed by atoms with Gasteiger partial charge in [-0.15, -0.1) is 0 Å². The topological polar surface area (TPSA) is 34.4 Å². The normalized spacial score (nSPS) is 12.6. The minimum atomic E-state index is 0.00107. The Bertz CT molecular complexity index is 585. The molecule has 0 radical (unpaired) electrons. The molecule has 0 saturated heterocycles. The number of hydrogen-bond acceptors (Lipinski definition) is 3. The van der Waals surface area contributed by atoms with Gasteiger partial charge in [0.1, 0.15) is 18.1 Å². The first-order valence-corrected chi connectivity index (χ1v) is 8.37. The molecule has 1 heterocycles. The SMILES string of the molecule is CCCNC(c1ccc(COC)o1)c1cc(Cl)ccc1I. The molecule has 0 bridgehead atoms. The zero-order chi connectivity index (χ0) is 15.2. The molecule has 1 atom stereocenters. The van der Waals surface area contributed by atoms with E-state index in [0.717, 1.165) is 38.6 Å². The second kappa shape index (κ2) is 8.17. The van der Waals surface area contributed by atoms with Gasteiger partial charge in [-0.3, -0.25) is 0 Å². The Hall–Kier alpha value is -0.560. The lowest BCUT2D eigenvalue weighted by Crippen LogP contribution is -2.23. The standard InChI is InChI=1S/C16H19ClINO2/c1-3-8-19-16(13-9-11(17)4-6-14(13)18)15-7-5-12(21-15)10-20-2/h4-7,9,16,19H,3,8,10H2,1-2H3. The van der Waals surface area contributed by atoms with Crippen LogP contribution in [0.4, 0.5) is 0 Å². The molecule has 21 heavy (non-hydrogen) atoms. The molecule has 114 valence electrons. The van der Waals surface area contributed by atoms with E-state index in [0.29, 0.717) is 6.61 Å². The van der Waals surface area contributed by atoms with E-state index in [-0.39, 0.29) is 6.04 Å². The second-order valence-corrected chi connectivity index (χ2v) is 6.39. The third kappa shape index (κ3) is 4.45. The summed E-state index contributed by atoms with van der Waals surface area (Å²) in [5, 5.41) is 4.26. The number of nitrogens with one attached hydrogen (secondary N) is 1. The summed E-state index contributed by atoms with van der Waals surface area (Å²) in [6, 6.07) is 9.88. The van der Waals surface area contributed by atoms with Gasteiger partial charge in [-0.25, -0.2) is 0 Å². The van der Waals surface area contributed by atoms with E-state index in [4.69, 9.17) is 20.8 Å². The molecule has 0 amide bonds. The van der Waals surface area contributed by atoms with Gasteiger partial charge >= 0.3 is 0 Å². The number of ether oxygens (including phenoxy) is 1. The van der Waals surface area contributed by atoms with Gasteiger partial charge in [-0.2, -0.15) is 0 Å². The smallest absolute Gasteiger partial charge is 0.129 e. The van der Waals surface area contributed by atoms with Crippen molar-refractivity contribution in [2.24, 2.45) is 0 Å². The van der Waals surface area contributed by atoms with Crippen LogP contribution in [0.25, 0.3) is 0 Å². The molecule has 0 aliphatic heterocycles. The van der Waals surface area contributed by atoms with E-state index in [9.17, 15) is 0 Å². The highest BCUT2D eigenvalue weighted by Gasteiger charge is 2.20. The molecule has 2 rings (SSSR count). The summed E-state index contributed by atoms with van der Waals surface area (Å²) in [5.74, 6) is 1.71. The fourth-order valence-corrected chi connectivity index (χ4v) is 2.99. The van der Waals surface area contributed by atoms with Gasteiger partial charge in [0, 0.05) is 15.7 Å². The Morgan fingerprint density at radius 1 is 1.33 bits per heavy atom. The monoisotopic (exact) mass is 419 g/mol. The zero-order valence-corrected chi connectivity index (χ0v) is 15.1. The fraction of sp³-hybridized carbons (Fsp3) is 0.375. The summed E-state index contributed by atoms with van der Waals surface area (Å²) < 4.78 is 12.2. The summed E-state index contributed by atoms with van der Waals surface area (Å²) >= 11 is 8.48. The third-order valence-electron chi connectivity index (χ3n) is 3.12. The Morgan fingerprint density at radius 3 is 2.86 bits per heavy atom. The lowest BCUT2D eigenvalue weighted by atomic mass is 10.0. The average Bonchev–Trinajstić information content (AvgIpc) is 2.92. The van der Waals surface area contributed by atoms with Crippen LogP contribution in [-0.2, 0) is 11.3 Å². The van der Waals surface area contributed by atoms with E-state index in [2.05, 4.69) is 34.8 Å². The van der Waals surface area contributed by atoms with Crippen molar-refractivity contribution in [2.45, 2.75) is 26.0 Å². The molecule has 5 heteroatoms. The van der Waals surface area contributed by atoms with Crippen molar-refractivity contribution in [3.05, 3.63) is 56.0 Å². The minimum Gasteiger partial charge on any atom is -0.462 e. The first-order valence-electron chi connectivity index (χ1n) is 6.91. The van der Waals surface area contributed by atoms with Crippen LogP contribution in [0.1, 0.15) is 36.5 Å². The van der Waals surface area contributed by atoms with Crippen molar-refractivity contribution in [1.82, 2.24) is 5.32 Å². The van der Waals surface area contributed by atoms with Gasteiger partial charge in [0.25, 0.3) is 0 Å². The van der Waals surface area contributed by atoms with Gasteiger partial charge in [-0.05, 0) is 71.5 Å². The van der Waals surface area contributed by atoms with Gasteiger partial charge in [0.2, 0.25) is 0 Å². The maximum absolute atomic E-state index is 6.16. The molecule has 1 unspecified atom stereocenters. The van der Waals surface area contributed by atoms with E-state index in [1.807, 2.05) is 30.3 Å². The highest BCUT2D eigenvalue weighted by molar-refractivity contribution is 14.1. The van der Waals surface area contributed by atoms with Crippen LogP contribution >= 0.6 is 34.2 Å². The summed E-state index contributed by atoms with van der Waals surface area (Å²) in [4.78, 5) is 0. The summed E-state index contributed by atoms with van der Waals surface area (Å²) in [6.45, 7) is 3.53. The molecule has 1 N–H and O–H groups in total. The first kappa shape index (κ1) is 16.8. The van der Waals surface area contributed by atoms with Crippen LogP contribution in [0.2, 0.25) is 5.02 Å². The van der Waals surface area contributed by atoms with E-state index in [1.165, 1.54) is 0 Å². The van der Waals surface area contributed by atoms with Crippen LogP contribution in [0.15, 0.2) is 34.7 Å². The van der Waals surface area contributed by atoms with Crippen LogP contribution in [-0.4, -0.2) is 13.7 Å². The molecule has 1 aromatic heterocycles. The number of benzene rings is 1. The van der Waals surface area contributed by atoms with Crippen LogP contribution in [0, 0.1) is 3.57 Å². The molecular weight excluding hydrogens is 401 g/mol. The van der Waals surface area contributed by atoms with E-state index < -0.39 is 0 Å². The quantitative estimate of drug-likeness (QED) is 0.656. The average molecular weight is 420 g/mol. The lowest BCUT2D eigenvalue weighted by Gasteiger charge is -2.18. The number of rotatable bonds is 7. The Kier molecular flexibility index (Phi) is 6.54. The molecule has 0 aliphatic carbocycles. The number of halogens is 2. The molecular formula is C16H19ClINO2. The van der Waals surface area contributed by atoms with Crippen LogP contribution in [0.5, 0.6) is 0 Å². The largest absolute Gasteiger partial charge is 0.462 e. The van der Waals surface area contributed by atoms with Gasteiger partial charge in [0.05, 0.1) is 6.04 Å². The molecule has 0 spiro atoms. The summed E-state index contributed by atoms with van der Waals surface area (Å²) in [5.41, 5.74) is 1.13. The van der Waals surface area contributed by atoms with Gasteiger partial charge in [0.15, 0.2) is 0 Å². The maximum atomic E-state index is 6.16. The zero-order valence-electron chi connectivity index (χ0n) is 12.2. The number of methoxy groups -OCH3 is 1. The van der Waals surface area contributed by atoms with E-state index >= 15 is 0 Å². The van der Waals surface area contributed by atoms with Crippen LogP contribution < -0.4 is 5.32 Å². The van der Waals surface area contributed by atoms with Gasteiger partial charge in [-0.1, -0.05) is 18.5 Å². The van der Waals surface area contributed by atoms with E-state index in [1.54, 1.807) is 7.11 Å². The maximum Gasteiger partial charge on any atom is 0.129 e. The second-order valence-electron chi connectivity index (χ2n) is 4.79. The summed E-state index contributed by atoms with van der Waals surface area (Å²) in [7, 11) is 1.66. The van der Waals surface area contributed by atoms with Crippen molar-refractivity contribution in [2.75, 3.05) is 13.7 Å². The van der Waals surface area contributed by atoms with Crippen molar-refractivity contribution in [3.63, 3.8) is 0 Å². The Morgan fingerprint density at radius 2 is 2.14 bits per heavy atom. The van der Waals surface area contributed by atoms with Gasteiger partial charge < -0.3 is 14.5 Å². The molecule has 1 aromatic carbocycles.